The molecule has 2 nitrogen and oxygen atoms in total. The van der Waals surface area contributed by atoms with E-state index in [1.807, 2.05) is 6.07 Å². The van der Waals surface area contributed by atoms with Gasteiger partial charge >= 0.3 is 0 Å². The first kappa shape index (κ1) is 27.9. The second-order valence-corrected chi connectivity index (χ2v) is 12.1. The molecule has 0 aromatic heterocycles. The summed E-state index contributed by atoms with van der Waals surface area (Å²) >= 11 is 0. The lowest BCUT2D eigenvalue weighted by atomic mass is 9.86. The first-order valence-corrected chi connectivity index (χ1v) is 16.4. The van der Waals surface area contributed by atoms with E-state index in [2.05, 4.69) is 187 Å². The molecule has 0 atom stereocenters. The fraction of sp³-hybridized carbons (Fsp3) is 0. The van der Waals surface area contributed by atoms with Crippen LogP contribution in [0.4, 0.5) is 17.1 Å². The lowest BCUT2D eigenvalue weighted by molar-refractivity contribution is 0.488. The molecule has 0 radical (unpaired) electrons. The summed E-state index contributed by atoms with van der Waals surface area (Å²) in [4.78, 5) is 2.38. The summed E-state index contributed by atoms with van der Waals surface area (Å²) in [6.07, 6.45) is 0. The minimum absolute atomic E-state index is 0.828. The minimum Gasteiger partial charge on any atom is -0.456 e. The summed E-state index contributed by atoms with van der Waals surface area (Å²) in [6.45, 7) is 0. The van der Waals surface area contributed by atoms with Crippen molar-refractivity contribution in [2.24, 2.45) is 0 Å². The zero-order valence-electron chi connectivity index (χ0n) is 26.3. The van der Waals surface area contributed by atoms with Gasteiger partial charge in [0.1, 0.15) is 11.5 Å². The van der Waals surface area contributed by atoms with Crippen molar-refractivity contribution in [3.8, 4) is 56.0 Å². The maximum Gasteiger partial charge on any atom is 0.137 e. The molecule has 1 aliphatic heterocycles. The quantitative estimate of drug-likeness (QED) is 0.191. The summed E-state index contributed by atoms with van der Waals surface area (Å²) in [6, 6.07) is 66.8. The summed E-state index contributed by atoms with van der Waals surface area (Å²) < 4.78 is 6.86. The average molecular weight is 614 g/mol. The number of hydrogen-bond acceptors (Lipinski definition) is 2. The van der Waals surface area contributed by atoms with E-state index in [4.69, 9.17) is 4.74 Å². The molecule has 0 saturated heterocycles. The molecule has 1 aliphatic rings. The van der Waals surface area contributed by atoms with Gasteiger partial charge in [0.15, 0.2) is 0 Å². The van der Waals surface area contributed by atoms with Crippen LogP contribution in [0.15, 0.2) is 188 Å². The van der Waals surface area contributed by atoms with Gasteiger partial charge in [-0.15, -0.1) is 0 Å². The molecule has 9 rings (SSSR count). The number of ether oxygens (including phenoxy) is 1. The molecule has 0 bridgehead atoms. The van der Waals surface area contributed by atoms with Gasteiger partial charge in [-0.1, -0.05) is 146 Å². The highest BCUT2D eigenvalue weighted by Gasteiger charge is 2.28. The molecule has 8 aromatic rings. The number of anilines is 3. The fourth-order valence-corrected chi connectivity index (χ4v) is 7.02. The van der Waals surface area contributed by atoms with Crippen LogP contribution in [0.3, 0.4) is 0 Å². The van der Waals surface area contributed by atoms with E-state index in [-0.39, 0.29) is 0 Å². The van der Waals surface area contributed by atoms with E-state index in [0.717, 1.165) is 50.8 Å². The van der Waals surface area contributed by atoms with Gasteiger partial charge in [0.25, 0.3) is 0 Å². The number of nitrogens with zero attached hydrogens (tertiary/aromatic N) is 1. The van der Waals surface area contributed by atoms with Gasteiger partial charge in [0, 0.05) is 28.1 Å². The number of rotatable bonds is 5. The molecule has 0 fully saturated rings. The lowest BCUT2D eigenvalue weighted by Gasteiger charge is -2.29. The molecule has 2 heteroatoms. The predicted octanol–water partition coefficient (Wildman–Crippen LogP) is 13.1. The normalized spacial score (nSPS) is 11.5. The molecule has 226 valence electrons. The van der Waals surface area contributed by atoms with Crippen LogP contribution in [0, 0.1) is 0 Å². The Labute approximate surface area is 280 Å². The molecular formula is C46H31NO. The van der Waals surface area contributed by atoms with E-state index in [1.54, 1.807) is 0 Å². The van der Waals surface area contributed by atoms with Crippen molar-refractivity contribution >= 4 is 27.8 Å². The first-order chi connectivity index (χ1) is 23.8. The molecule has 0 aliphatic carbocycles. The highest BCUT2D eigenvalue weighted by Crippen LogP contribution is 2.55. The first-order valence-electron chi connectivity index (χ1n) is 16.4. The molecule has 0 saturated carbocycles. The molecule has 1 heterocycles. The Morgan fingerprint density at radius 2 is 0.917 bits per heavy atom. The van der Waals surface area contributed by atoms with Gasteiger partial charge in [-0.05, 0) is 81.1 Å². The third kappa shape index (κ3) is 4.83. The van der Waals surface area contributed by atoms with Gasteiger partial charge in [0.2, 0.25) is 0 Å². The van der Waals surface area contributed by atoms with Crippen molar-refractivity contribution in [3.63, 3.8) is 0 Å². The van der Waals surface area contributed by atoms with Crippen LogP contribution in [0.1, 0.15) is 0 Å². The Morgan fingerprint density at radius 3 is 1.73 bits per heavy atom. The third-order valence-corrected chi connectivity index (χ3v) is 9.27. The summed E-state index contributed by atoms with van der Waals surface area (Å²) in [5.41, 5.74) is 12.4. The predicted molar refractivity (Wildman–Crippen MR) is 200 cm³/mol. The van der Waals surface area contributed by atoms with E-state index < -0.39 is 0 Å². The van der Waals surface area contributed by atoms with Gasteiger partial charge in [-0.25, -0.2) is 0 Å². The zero-order chi connectivity index (χ0) is 31.9. The van der Waals surface area contributed by atoms with Crippen molar-refractivity contribution in [2.45, 2.75) is 0 Å². The topological polar surface area (TPSA) is 12.5 Å². The van der Waals surface area contributed by atoms with Gasteiger partial charge < -0.3 is 9.64 Å². The van der Waals surface area contributed by atoms with Crippen LogP contribution in [0.5, 0.6) is 11.5 Å². The van der Waals surface area contributed by atoms with E-state index >= 15 is 0 Å². The van der Waals surface area contributed by atoms with E-state index in [0.29, 0.717) is 0 Å². The van der Waals surface area contributed by atoms with Gasteiger partial charge in [0.05, 0.1) is 5.69 Å². The molecule has 48 heavy (non-hydrogen) atoms. The Balaban J connectivity index is 1.33. The number of hydrogen-bond donors (Lipinski definition) is 0. The fourth-order valence-electron chi connectivity index (χ4n) is 7.02. The largest absolute Gasteiger partial charge is 0.456 e. The molecule has 0 amide bonds. The Hall–Kier alpha value is -6.38. The van der Waals surface area contributed by atoms with E-state index in [9.17, 15) is 0 Å². The zero-order valence-corrected chi connectivity index (χ0v) is 26.3. The van der Waals surface area contributed by atoms with Gasteiger partial charge in [-0.3, -0.25) is 0 Å². The summed E-state index contributed by atoms with van der Waals surface area (Å²) in [5.74, 6) is 1.68. The monoisotopic (exact) mass is 613 g/mol. The van der Waals surface area contributed by atoms with Crippen LogP contribution in [0.2, 0.25) is 0 Å². The van der Waals surface area contributed by atoms with Crippen LogP contribution < -0.4 is 9.64 Å². The van der Waals surface area contributed by atoms with Crippen molar-refractivity contribution in [1.82, 2.24) is 0 Å². The maximum absolute atomic E-state index is 6.86. The Kier molecular flexibility index (Phi) is 6.84. The van der Waals surface area contributed by atoms with Gasteiger partial charge in [-0.2, -0.15) is 0 Å². The number of para-hydroxylation sites is 1. The van der Waals surface area contributed by atoms with Crippen LogP contribution >= 0.6 is 0 Å². The third-order valence-electron chi connectivity index (χ3n) is 9.27. The van der Waals surface area contributed by atoms with Crippen molar-refractivity contribution in [3.05, 3.63) is 188 Å². The van der Waals surface area contributed by atoms with E-state index in [1.165, 1.54) is 33.0 Å². The molecular weight excluding hydrogens is 583 g/mol. The van der Waals surface area contributed by atoms with Crippen LogP contribution in [0.25, 0.3) is 55.3 Å². The van der Waals surface area contributed by atoms with Crippen LogP contribution in [-0.4, -0.2) is 0 Å². The molecule has 0 spiro atoms. The Bertz CT molecular complexity index is 2410. The summed E-state index contributed by atoms with van der Waals surface area (Å²) in [5, 5.41) is 2.40. The van der Waals surface area contributed by atoms with Crippen molar-refractivity contribution in [1.29, 1.82) is 0 Å². The minimum atomic E-state index is 0.828. The SMILES string of the molecule is c1ccc(-c2ccc(N(c3ccc4ccccc4c3)c3cccc4c3-c3c(-c5ccccc5)cccc3-c3ccccc3O4)cc2)cc1. The van der Waals surface area contributed by atoms with Crippen LogP contribution in [-0.2, 0) is 0 Å². The molecule has 8 aromatic carbocycles. The molecule has 0 N–H and O–H groups in total. The molecule has 0 unspecified atom stereocenters. The number of fused-ring (bicyclic) bond motifs is 6. The summed E-state index contributed by atoms with van der Waals surface area (Å²) in [7, 11) is 0. The standard InChI is InChI=1S/C46H31NO/c1-3-13-32(14-4-1)34-25-28-37(29-26-34)47(38-30-27-33-15-7-8-18-36(33)31-38)42-22-12-24-44-46(42)45-39(35-16-5-2-6-17-35)20-11-21-41(45)40-19-9-10-23-43(40)48-44/h1-31H. The smallest absolute Gasteiger partial charge is 0.137 e. The lowest BCUT2D eigenvalue weighted by Crippen LogP contribution is -2.12. The van der Waals surface area contributed by atoms with Crippen molar-refractivity contribution in [2.75, 3.05) is 4.90 Å². The highest BCUT2D eigenvalue weighted by molar-refractivity contribution is 6.05. The van der Waals surface area contributed by atoms with Crippen molar-refractivity contribution < 1.29 is 4.74 Å². The number of benzene rings is 8. The second kappa shape index (κ2) is 11.8. The second-order valence-electron chi connectivity index (χ2n) is 12.1. The maximum atomic E-state index is 6.86. The highest BCUT2D eigenvalue weighted by atomic mass is 16.5. The average Bonchev–Trinajstić information content (AvgIpc) is 3.31. The Morgan fingerprint density at radius 1 is 0.333 bits per heavy atom.